The van der Waals surface area contributed by atoms with Crippen LogP contribution in [-0.2, 0) is 20.8 Å². The highest BCUT2D eigenvalue weighted by Gasteiger charge is 2.43. The lowest BCUT2D eigenvalue weighted by molar-refractivity contribution is -0.128. The molecule has 2 fully saturated rings. The molecule has 6 rings (SSSR count). The van der Waals surface area contributed by atoms with Gasteiger partial charge in [-0.15, -0.1) is 0 Å². The summed E-state index contributed by atoms with van der Waals surface area (Å²) in [6.07, 6.45) is 4.85. The third kappa shape index (κ3) is 8.47. The maximum Gasteiger partial charge on any atom is 0.276 e. The van der Waals surface area contributed by atoms with Gasteiger partial charge in [0.25, 0.3) is 11.8 Å². The largest absolute Gasteiger partial charge is 0.446 e. The highest BCUT2D eigenvalue weighted by atomic mass is 16.3. The molecule has 4 heterocycles. The van der Waals surface area contributed by atoms with Crippen LogP contribution < -0.4 is 21.3 Å². The Bertz CT molecular complexity index is 1730. The van der Waals surface area contributed by atoms with Gasteiger partial charge in [0, 0.05) is 24.9 Å². The van der Waals surface area contributed by atoms with Crippen LogP contribution in [0.4, 0.5) is 0 Å². The van der Waals surface area contributed by atoms with Crippen molar-refractivity contribution in [2.75, 3.05) is 6.54 Å². The van der Waals surface area contributed by atoms with Crippen molar-refractivity contribution in [3.63, 3.8) is 0 Å². The van der Waals surface area contributed by atoms with Gasteiger partial charge in [0.15, 0.2) is 11.4 Å². The van der Waals surface area contributed by atoms with E-state index in [1.54, 1.807) is 6.92 Å². The number of aromatic nitrogens is 2. The minimum Gasteiger partial charge on any atom is -0.446 e. The molecular formula is C36H45N7O8. The van der Waals surface area contributed by atoms with Crippen molar-refractivity contribution in [2.24, 2.45) is 11.8 Å². The fourth-order valence-corrected chi connectivity index (χ4v) is 6.98. The molecule has 1 aliphatic carbocycles. The van der Waals surface area contributed by atoms with Crippen molar-refractivity contribution >= 4 is 29.5 Å². The minimum absolute atomic E-state index is 0.0377. The van der Waals surface area contributed by atoms with E-state index in [1.165, 1.54) is 17.4 Å². The number of amides is 5. The lowest BCUT2D eigenvalue weighted by atomic mass is 9.87. The monoisotopic (exact) mass is 703 g/mol. The van der Waals surface area contributed by atoms with Crippen LogP contribution in [0.1, 0.15) is 110 Å². The third-order valence-corrected chi connectivity index (χ3v) is 9.73. The number of fused-ring (bicyclic) bond motifs is 5. The van der Waals surface area contributed by atoms with Gasteiger partial charge < -0.3 is 40.1 Å². The van der Waals surface area contributed by atoms with Crippen molar-refractivity contribution in [1.29, 1.82) is 0 Å². The molecule has 1 saturated heterocycles. The van der Waals surface area contributed by atoms with E-state index in [-0.39, 0.29) is 60.3 Å². The number of rotatable bonds is 6. The first-order valence-corrected chi connectivity index (χ1v) is 17.6. The highest BCUT2D eigenvalue weighted by Crippen LogP contribution is 2.28. The number of nitrogens with zero attached hydrogens (tertiary/aromatic N) is 3. The molecule has 4 bridgehead atoms. The van der Waals surface area contributed by atoms with Crippen molar-refractivity contribution < 1.29 is 37.9 Å². The second kappa shape index (κ2) is 15.5. The predicted octanol–water partition coefficient (Wildman–Crippen LogP) is 2.35. The van der Waals surface area contributed by atoms with E-state index < -0.39 is 59.9 Å². The summed E-state index contributed by atoms with van der Waals surface area (Å²) in [5.74, 6) is -2.44. The van der Waals surface area contributed by atoms with Crippen molar-refractivity contribution in [3.05, 3.63) is 71.6 Å². The molecule has 272 valence electrons. The molecule has 5 atom stereocenters. The average molecular weight is 704 g/mol. The normalized spacial score (nSPS) is 27.5. The first-order chi connectivity index (χ1) is 24.4. The maximum atomic E-state index is 14.2. The van der Waals surface area contributed by atoms with E-state index in [1.807, 2.05) is 44.2 Å². The highest BCUT2D eigenvalue weighted by molar-refractivity contribution is 5.97. The molecule has 5 N–H and O–H groups in total. The number of carbonyl (C=O) groups excluding carboxylic acids is 5. The van der Waals surface area contributed by atoms with Crippen LogP contribution in [0.15, 0.2) is 51.7 Å². The van der Waals surface area contributed by atoms with Gasteiger partial charge in [0.05, 0.1) is 6.10 Å². The standard InChI is InChI=1S/C36H45N7O8/c1-19(2)13-25-31(46)37-20(3)34-42-28(18-50-34)36(49)43-16-23(38-30(45)22-9-11-24(44)12-10-22)15-29(43)33(48)40-26(14-21-7-5-4-6-8-21)35-41-27(17-51-35)32(47)39-25/h4-8,17-20,22-26,29,44H,9-16H2,1-3H3,(H,37,46)(H,38,45)(H,39,47)(H,40,48)/t20-,22?,23+,24?,25-,26+,29+/m1/s1. The van der Waals surface area contributed by atoms with Crippen molar-refractivity contribution in [3.8, 4) is 0 Å². The van der Waals surface area contributed by atoms with E-state index in [4.69, 9.17) is 8.83 Å². The van der Waals surface area contributed by atoms with Gasteiger partial charge in [-0.05, 0) is 56.9 Å². The van der Waals surface area contributed by atoms with Gasteiger partial charge >= 0.3 is 0 Å². The second-order valence-corrected chi connectivity index (χ2v) is 14.2. The predicted molar refractivity (Wildman–Crippen MR) is 181 cm³/mol. The summed E-state index contributed by atoms with van der Waals surface area (Å²) in [5.41, 5.74) is 0.721. The number of nitrogens with one attached hydrogen (secondary N) is 4. The number of aliphatic hydroxyl groups is 1. The summed E-state index contributed by atoms with van der Waals surface area (Å²) in [6.45, 7) is 5.53. The summed E-state index contributed by atoms with van der Waals surface area (Å²) in [7, 11) is 0. The smallest absolute Gasteiger partial charge is 0.276 e. The Labute approximate surface area is 295 Å². The molecule has 1 saturated carbocycles. The van der Waals surface area contributed by atoms with Gasteiger partial charge in [-0.2, -0.15) is 0 Å². The van der Waals surface area contributed by atoms with Crippen LogP contribution in [0.2, 0.25) is 0 Å². The summed E-state index contributed by atoms with van der Waals surface area (Å²) < 4.78 is 11.4. The molecule has 0 unspecified atom stereocenters. The zero-order valence-electron chi connectivity index (χ0n) is 29.0. The summed E-state index contributed by atoms with van der Waals surface area (Å²) in [6, 6.07) is 5.27. The molecule has 0 spiro atoms. The Morgan fingerprint density at radius 1 is 0.922 bits per heavy atom. The molecule has 5 amide bonds. The second-order valence-electron chi connectivity index (χ2n) is 14.2. The zero-order valence-corrected chi connectivity index (χ0v) is 29.0. The topological polar surface area (TPSA) is 209 Å². The molecule has 3 aromatic rings. The van der Waals surface area contributed by atoms with Crippen LogP contribution in [0.5, 0.6) is 0 Å². The molecule has 51 heavy (non-hydrogen) atoms. The van der Waals surface area contributed by atoms with E-state index >= 15 is 0 Å². The molecule has 1 aromatic carbocycles. The minimum atomic E-state index is -1.01. The fourth-order valence-electron chi connectivity index (χ4n) is 6.98. The lowest BCUT2D eigenvalue weighted by Gasteiger charge is -2.26. The Morgan fingerprint density at radius 3 is 2.33 bits per heavy atom. The van der Waals surface area contributed by atoms with Crippen LogP contribution in [-0.4, -0.2) is 80.3 Å². The first-order valence-electron chi connectivity index (χ1n) is 17.6. The molecule has 15 nitrogen and oxygen atoms in total. The van der Waals surface area contributed by atoms with Crippen LogP contribution in [0, 0.1) is 11.8 Å². The van der Waals surface area contributed by atoms with Gasteiger partial charge in [0.2, 0.25) is 29.5 Å². The lowest BCUT2D eigenvalue weighted by Crippen LogP contribution is -2.48. The number of carbonyl (C=O) groups is 5. The number of benzene rings is 1. The molecular weight excluding hydrogens is 658 g/mol. The summed E-state index contributed by atoms with van der Waals surface area (Å²) in [4.78, 5) is 78.5. The Balaban J connectivity index is 1.33. The van der Waals surface area contributed by atoms with Crippen molar-refractivity contribution in [1.82, 2.24) is 36.1 Å². The van der Waals surface area contributed by atoms with Crippen LogP contribution in [0.3, 0.4) is 0 Å². The van der Waals surface area contributed by atoms with E-state index in [9.17, 15) is 29.1 Å². The molecule has 2 aliphatic heterocycles. The van der Waals surface area contributed by atoms with E-state index in [0.717, 1.165) is 5.56 Å². The van der Waals surface area contributed by atoms with Gasteiger partial charge in [0.1, 0.15) is 36.7 Å². The molecule has 15 heteroatoms. The van der Waals surface area contributed by atoms with Gasteiger partial charge in [-0.1, -0.05) is 44.2 Å². The van der Waals surface area contributed by atoms with Crippen LogP contribution in [0.25, 0.3) is 0 Å². The third-order valence-electron chi connectivity index (χ3n) is 9.73. The zero-order chi connectivity index (χ0) is 36.2. The Morgan fingerprint density at radius 2 is 1.61 bits per heavy atom. The van der Waals surface area contributed by atoms with Crippen molar-refractivity contribution in [2.45, 2.75) is 102 Å². The van der Waals surface area contributed by atoms with E-state index in [0.29, 0.717) is 32.1 Å². The quantitative estimate of drug-likeness (QED) is 0.253. The summed E-state index contributed by atoms with van der Waals surface area (Å²) >= 11 is 0. The van der Waals surface area contributed by atoms with E-state index in [2.05, 4.69) is 31.2 Å². The molecule has 2 aromatic heterocycles. The maximum absolute atomic E-state index is 14.2. The molecule has 3 aliphatic rings. The average Bonchev–Trinajstić information content (AvgIpc) is 3.88. The molecule has 0 radical (unpaired) electrons. The van der Waals surface area contributed by atoms with Gasteiger partial charge in [-0.25, -0.2) is 9.97 Å². The number of hydrogen-bond acceptors (Lipinski definition) is 10. The van der Waals surface area contributed by atoms with Gasteiger partial charge in [-0.3, -0.25) is 24.0 Å². The summed E-state index contributed by atoms with van der Waals surface area (Å²) in [5, 5.41) is 21.5. The fraction of sp³-hybridized carbons (Fsp3) is 0.528. The number of aliphatic hydroxyl groups excluding tert-OH is 1. The SMILES string of the molecule is CC(C)C[C@H]1NC(=O)c2coc(n2)[C@H](Cc2ccccc2)NC(=O)[C@@H]2C[C@H](NC(=O)C3CCC(O)CC3)CN2C(=O)c2coc(n2)[C@@H](C)NC1=O. The number of oxazole rings is 2. The Kier molecular flexibility index (Phi) is 10.8. The Hall–Kier alpha value is -5.05. The van der Waals surface area contributed by atoms with Crippen LogP contribution >= 0.6 is 0 Å². The first kappa shape index (κ1) is 35.8. The number of hydrogen-bond donors (Lipinski definition) is 5.